The normalized spacial score (nSPS) is 13.2. The average molecular weight is 251 g/mol. The van der Waals surface area contributed by atoms with Crippen molar-refractivity contribution in [3.63, 3.8) is 0 Å². The number of aromatic nitrogens is 2. The van der Waals surface area contributed by atoms with Crippen molar-refractivity contribution in [3.05, 3.63) is 23.0 Å². The van der Waals surface area contributed by atoms with Gasteiger partial charge in [0.05, 0.1) is 17.0 Å². The second kappa shape index (κ2) is 5.95. The SMILES string of the molecule is Cc1cc(C(=O)NC(C)C/C(N)=N/O)c(C)nn1. The Morgan fingerprint density at radius 2 is 2.22 bits per heavy atom. The number of carbonyl (C=O) groups is 1. The Kier molecular flexibility index (Phi) is 4.59. The van der Waals surface area contributed by atoms with Gasteiger partial charge in [0.2, 0.25) is 0 Å². The zero-order chi connectivity index (χ0) is 13.7. The van der Waals surface area contributed by atoms with Crippen LogP contribution < -0.4 is 11.1 Å². The van der Waals surface area contributed by atoms with Gasteiger partial charge in [-0.05, 0) is 26.8 Å². The Labute approximate surface area is 105 Å². The van der Waals surface area contributed by atoms with Gasteiger partial charge >= 0.3 is 0 Å². The summed E-state index contributed by atoms with van der Waals surface area (Å²) in [5, 5.41) is 21.8. The maximum Gasteiger partial charge on any atom is 0.253 e. The monoisotopic (exact) mass is 251 g/mol. The fourth-order valence-corrected chi connectivity index (χ4v) is 1.49. The van der Waals surface area contributed by atoms with Crippen LogP contribution in [0.5, 0.6) is 0 Å². The number of amidine groups is 1. The summed E-state index contributed by atoms with van der Waals surface area (Å²) in [5.41, 5.74) is 7.09. The Morgan fingerprint density at radius 1 is 1.56 bits per heavy atom. The first-order chi connectivity index (χ1) is 8.43. The number of carbonyl (C=O) groups excluding carboxylic acids is 1. The van der Waals surface area contributed by atoms with Gasteiger partial charge in [-0.15, -0.1) is 0 Å². The minimum atomic E-state index is -0.247. The molecule has 1 unspecified atom stereocenters. The Bertz CT molecular complexity index is 473. The predicted molar refractivity (Wildman–Crippen MR) is 66.5 cm³/mol. The van der Waals surface area contributed by atoms with Crippen molar-refractivity contribution in [1.82, 2.24) is 15.5 Å². The molecule has 0 aromatic carbocycles. The molecule has 0 saturated heterocycles. The molecule has 98 valence electrons. The molecule has 1 heterocycles. The molecule has 0 fully saturated rings. The largest absolute Gasteiger partial charge is 0.409 e. The molecule has 1 aromatic heterocycles. The Hall–Kier alpha value is -2.18. The maximum atomic E-state index is 12.0. The highest BCUT2D eigenvalue weighted by Crippen LogP contribution is 2.06. The topological polar surface area (TPSA) is 113 Å². The number of nitrogens with two attached hydrogens (primary N) is 1. The molecule has 0 bridgehead atoms. The first kappa shape index (κ1) is 13.9. The van der Waals surface area contributed by atoms with E-state index in [4.69, 9.17) is 10.9 Å². The van der Waals surface area contributed by atoms with E-state index in [-0.39, 0.29) is 24.2 Å². The van der Waals surface area contributed by atoms with Crippen LogP contribution >= 0.6 is 0 Å². The summed E-state index contributed by atoms with van der Waals surface area (Å²) >= 11 is 0. The van der Waals surface area contributed by atoms with Crippen LogP contribution in [0.2, 0.25) is 0 Å². The van der Waals surface area contributed by atoms with Gasteiger partial charge in [0.15, 0.2) is 0 Å². The van der Waals surface area contributed by atoms with Crippen LogP contribution in [-0.2, 0) is 0 Å². The lowest BCUT2D eigenvalue weighted by molar-refractivity contribution is 0.0939. The van der Waals surface area contributed by atoms with Crippen molar-refractivity contribution in [2.24, 2.45) is 10.9 Å². The van der Waals surface area contributed by atoms with Crippen LogP contribution in [0.4, 0.5) is 0 Å². The van der Waals surface area contributed by atoms with E-state index in [2.05, 4.69) is 20.7 Å². The van der Waals surface area contributed by atoms with Crippen molar-refractivity contribution in [2.75, 3.05) is 0 Å². The summed E-state index contributed by atoms with van der Waals surface area (Å²) in [7, 11) is 0. The van der Waals surface area contributed by atoms with Crippen molar-refractivity contribution < 1.29 is 10.0 Å². The molecule has 0 radical (unpaired) electrons. The Morgan fingerprint density at radius 3 is 2.83 bits per heavy atom. The van der Waals surface area contributed by atoms with E-state index in [0.717, 1.165) is 0 Å². The number of oxime groups is 1. The van der Waals surface area contributed by atoms with Gasteiger partial charge in [-0.1, -0.05) is 5.16 Å². The molecule has 0 spiro atoms. The zero-order valence-electron chi connectivity index (χ0n) is 10.6. The molecule has 1 amide bonds. The molecule has 1 aromatic rings. The molecule has 4 N–H and O–H groups in total. The number of amides is 1. The molecule has 7 nitrogen and oxygen atoms in total. The van der Waals surface area contributed by atoms with E-state index >= 15 is 0 Å². The highest BCUT2D eigenvalue weighted by Gasteiger charge is 2.14. The zero-order valence-corrected chi connectivity index (χ0v) is 10.6. The smallest absolute Gasteiger partial charge is 0.253 e. The minimum Gasteiger partial charge on any atom is -0.409 e. The first-order valence-electron chi connectivity index (χ1n) is 5.52. The first-order valence-corrected chi connectivity index (χ1v) is 5.52. The van der Waals surface area contributed by atoms with E-state index < -0.39 is 0 Å². The van der Waals surface area contributed by atoms with Gasteiger partial charge in [0.1, 0.15) is 5.84 Å². The van der Waals surface area contributed by atoms with Crippen LogP contribution in [0.15, 0.2) is 11.2 Å². The number of hydrogen-bond acceptors (Lipinski definition) is 5. The number of nitrogens with zero attached hydrogens (tertiary/aromatic N) is 3. The van der Waals surface area contributed by atoms with Crippen LogP contribution in [0.1, 0.15) is 35.1 Å². The summed E-state index contributed by atoms with van der Waals surface area (Å²) < 4.78 is 0. The highest BCUT2D eigenvalue weighted by molar-refractivity contribution is 5.95. The van der Waals surface area contributed by atoms with Gasteiger partial charge in [0.25, 0.3) is 5.91 Å². The van der Waals surface area contributed by atoms with Crippen molar-refractivity contribution in [3.8, 4) is 0 Å². The van der Waals surface area contributed by atoms with Gasteiger partial charge in [-0.3, -0.25) is 4.79 Å². The van der Waals surface area contributed by atoms with Crippen molar-refractivity contribution in [2.45, 2.75) is 33.2 Å². The molecule has 0 aliphatic carbocycles. The van der Waals surface area contributed by atoms with Gasteiger partial charge < -0.3 is 16.3 Å². The molecule has 0 aliphatic heterocycles. The third-order valence-electron chi connectivity index (χ3n) is 2.37. The molecule has 18 heavy (non-hydrogen) atoms. The molecular weight excluding hydrogens is 234 g/mol. The Balaban J connectivity index is 2.73. The van der Waals surface area contributed by atoms with Gasteiger partial charge in [-0.25, -0.2) is 0 Å². The van der Waals surface area contributed by atoms with Crippen LogP contribution in [0, 0.1) is 13.8 Å². The van der Waals surface area contributed by atoms with Crippen molar-refractivity contribution >= 4 is 11.7 Å². The lowest BCUT2D eigenvalue weighted by Crippen LogP contribution is -2.36. The van der Waals surface area contributed by atoms with E-state index in [1.165, 1.54) is 0 Å². The van der Waals surface area contributed by atoms with E-state index in [1.54, 1.807) is 26.8 Å². The minimum absolute atomic E-state index is 0.0727. The number of rotatable bonds is 4. The maximum absolute atomic E-state index is 12.0. The predicted octanol–water partition coefficient (Wildman–Crippen LogP) is 0.348. The summed E-state index contributed by atoms with van der Waals surface area (Å²) in [6.07, 6.45) is 0.277. The molecule has 1 rings (SSSR count). The van der Waals surface area contributed by atoms with Crippen molar-refractivity contribution in [1.29, 1.82) is 0 Å². The summed E-state index contributed by atoms with van der Waals surface area (Å²) in [6, 6.07) is 1.44. The molecular formula is C11H17N5O2. The van der Waals surface area contributed by atoms with Gasteiger partial charge in [0, 0.05) is 12.5 Å². The fourth-order valence-electron chi connectivity index (χ4n) is 1.49. The molecule has 7 heteroatoms. The second-order valence-corrected chi connectivity index (χ2v) is 4.15. The summed E-state index contributed by atoms with van der Waals surface area (Å²) in [4.78, 5) is 12.0. The number of hydrogen-bond donors (Lipinski definition) is 3. The standard InChI is InChI=1S/C11H17N5O2/c1-6(5-10(12)16-18)13-11(17)9-4-7(2)14-15-8(9)3/h4,6,18H,5H2,1-3H3,(H2,12,16)(H,13,17). The molecule has 1 atom stereocenters. The van der Waals surface area contributed by atoms with E-state index in [0.29, 0.717) is 17.0 Å². The highest BCUT2D eigenvalue weighted by atomic mass is 16.4. The molecule has 0 aliphatic rings. The fraction of sp³-hybridized carbons (Fsp3) is 0.455. The third kappa shape index (κ3) is 3.69. The quantitative estimate of drug-likeness (QED) is 0.309. The molecule has 0 saturated carbocycles. The average Bonchev–Trinajstić information content (AvgIpc) is 2.31. The number of nitrogens with one attached hydrogen (secondary N) is 1. The van der Waals surface area contributed by atoms with Crippen LogP contribution in [0.25, 0.3) is 0 Å². The van der Waals surface area contributed by atoms with Crippen LogP contribution in [0.3, 0.4) is 0 Å². The van der Waals surface area contributed by atoms with E-state index in [1.807, 2.05) is 0 Å². The van der Waals surface area contributed by atoms with Gasteiger partial charge in [-0.2, -0.15) is 10.2 Å². The summed E-state index contributed by atoms with van der Waals surface area (Å²) in [5.74, 6) is -0.174. The third-order valence-corrected chi connectivity index (χ3v) is 2.37. The lowest BCUT2D eigenvalue weighted by atomic mass is 10.1. The lowest BCUT2D eigenvalue weighted by Gasteiger charge is -2.13. The second-order valence-electron chi connectivity index (χ2n) is 4.15. The van der Waals surface area contributed by atoms with E-state index in [9.17, 15) is 4.79 Å². The van der Waals surface area contributed by atoms with Crippen LogP contribution in [-0.4, -0.2) is 33.2 Å². The number of aryl methyl sites for hydroxylation is 2. The summed E-state index contributed by atoms with van der Waals surface area (Å²) in [6.45, 7) is 5.26.